The summed E-state index contributed by atoms with van der Waals surface area (Å²) >= 11 is 6.01. The summed E-state index contributed by atoms with van der Waals surface area (Å²) in [6.07, 6.45) is 0. The Bertz CT molecular complexity index is 846. The first-order chi connectivity index (χ1) is 11.6. The maximum atomic E-state index is 12.2. The van der Waals surface area contributed by atoms with E-state index in [-0.39, 0.29) is 12.5 Å². The van der Waals surface area contributed by atoms with Crippen molar-refractivity contribution in [3.63, 3.8) is 0 Å². The van der Waals surface area contributed by atoms with Crippen molar-refractivity contribution in [3.05, 3.63) is 71.4 Å². The Balaban J connectivity index is 1.70. The minimum atomic E-state index is -0.285. The molecule has 24 heavy (non-hydrogen) atoms. The van der Waals surface area contributed by atoms with Crippen LogP contribution in [0.2, 0.25) is 5.02 Å². The van der Waals surface area contributed by atoms with Gasteiger partial charge in [0.1, 0.15) is 11.6 Å². The molecule has 1 N–H and O–H groups in total. The average Bonchev–Trinajstić information content (AvgIpc) is 2.95. The summed E-state index contributed by atoms with van der Waals surface area (Å²) in [6.45, 7) is 1.73. The van der Waals surface area contributed by atoms with Crippen molar-refractivity contribution in [2.45, 2.75) is 6.92 Å². The predicted octanol–water partition coefficient (Wildman–Crippen LogP) is 3.85. The Morgan fingerprint density at radius 3 is 2.62 bits per heavy atom. The number of ether oxygens (including phenoxy) is 1. The van der Waals surface area contributed by atoms with Crippen molar-refractivity contribution in [2.75, 3.05) is 11.9 Å². The third-order valence-corrected chi connectivity index (χ3v) is 3.61. The molecule has 0 fully saturated rings. The molecular weight excluding hydrogens is 326 g/mol. The van der Waals surface area contributed by atoms with Crippen LogP contribution in [0.5, 0.6) is 5.75 Å². The summed E-state index contributed by atoms with van der Waals surface area (Å²) in [4.78, 5) is 12.2. The van der Waals surface area contributed by atoms with E-state index in [2.05, 4.69) is 10.4 Å². The molecule has 0 saturated heterocycles. The monoisotopic (exact) mass is 341 g/mol. The van der Waals surface area contributed by atoms with Crippen LogP contribution in [0.3, 0.4) is 0 Å². The Morgan fingerprint density at radius 2 is 1.88 bits per heavy atom. The number of anilines is 1. The molecule has 0 radical (unpaired) electrons. The van der Waals surface area contributed by atoms with Gasteiger partial charge in [0.05, 0.1) is 16.4 Å². The highest BCUT2D eigenvalue weighted by Crippen LogP contribution is 2.23. The summed E-state index contributed by atoms with van der Waals surface area (Å²) in [7, 11) is 0. The van der Waals surface area contributed by atoms with Crippen LogP contribution in [0.25, 0.3) is 5.69 Å². The molecule has 0 saturated carbocycles. The van der Waals surface area contributed by atoms with Crippen molar-refractivity contribution in [3.8, 4) is 11.4 Å². The Morgan fingerprint density at radius 1 is 1.17 bits per heavy atom. The molecule has 0 atom stereocenters. The number of aromatic nitrogens is 2. The normalized spacial score (nSPS) is 10.4. The zero-order chi connectivity index (χ0) is 16.9. The van der Waals surface area contributed by atoms with Gasteiger partial charge in [0, 0.05) is 6.07 Å². The van der Waals surface area contributed by atoms with Crippen LogP contribution in [-0.4, -0.2) is 22.3 Å². The number of carbonyl (C=O) groups excluding carboxylic acids is 1. The zero-order valence-electron chi connectivity index (χ0n) is 13.1. The van der Waals surface area contributed by atoms with Gasteiger partial charge < -0.3 is 10.1 Å². The SMILES string of the molecule is Cc1cc(NC(=O)COc2ccccc2Cl)n(-c2ccccc2)n1. The van der Waals surface area contributed by atoms with E-state index in [9.17, 15) is 4.79 Å². The number of rotatable bonds is 5. The molecule has 6 heteroatoms. The van der Waals surface area contributed by atoms with Crippen molar-refractivity contribution >= 4 is 23.3 Å². The summed E-state index contributed by atoms with van der Waals surface area (Å²) in [5, 5.41) is 7.69. The van der Waals surface area contributed by atoms with Gasteiger partial charge in [-0.15, -0.1) is 0 Å². The molecule has 0 bridgehead atoms. The molecule has 122 valence electrons. The molecule has 1 heterocycles. The van der Waals surface area contributed by atoms with E-state index in [1.165, 1.54) is 0 Å². The summed E-state index contributed by atoms with van der Waals surface area (Å²) in [5.41, 5.74) is 1.68. The van der Waals surface area contributed by atoms with E-state index in [1.807, 2.05) is 37.3 Å². The van der Waals surface area contributed by atoms with Crippen LogP contribution in [0.1, 0.15) is 5.69 Å². The highest BCUT2D eigenvalue weighted by atomic mass is 35.5. The first kappa shape index (κ1) is 16.1. The molecule has 0 spiro atoms. The third-order valence-electron chi connectivity index (χ3n) is 3.30. The molecule has 5 nitrogen and oxygen atoms in total. The molecule has 0 aliphatic rings. The van der Waals surface area contributed by atoms with Gasteiger partial charge in [-0.1, -0.05) is 41.9 Å². The van der Waals surface area contributed by atoms with E-state index in [4.69, 9.17) is 16.3 Å². The van der Waals surface area contributed by atoms with Gasteiger partial charge in [-0.25, -0.2) is 4.68 Å². The molecule has 3 aromatic rings. The smallest absolute Gasteiger partial charge is 0.263 e. The predicted molar refractivity (Wildman–Crippen MR) is 93.9 cm³/mol. The fraction of sp³-hybridized carbons (Fsp3) is 0.111. The van der Waals surface area contributed by atoms with Crippen LogP contribution in [0, 0.1) is 6.92 Å². The quantitative estimate of drug-likeness (QED) is 0.766. The highest BCUT2D eigenvalue weighted by Gasteiger charge is 2.12. The number of halogens is 1. The van der Waals surface area contributed by atoms with Gasteiger partial charge in [0.2, 0.25) is 0 Å². The lowest BCUT2D eigenvalue weighted by molar-refractivity contribution is -0.118. The van der Waals surface area contributed by atoms with Gasteiger partial charge in [-0.05, 0) is 31.2 Å². The van der Waals surface area contributed by atoms with Crippen molar-refractivity contribution < 1.29 is 9.53 Å². The molecular formula is C18H16ClN3O2. The topological polar surface area (TPSA) is 56.1 Å². The van der Waals surface area contributed by atoms with Gasteiger partial charge in [0.15, 0.2) is 6.61 Å². The summed E-state index contributed by atoms with van der Waals surface area (Å²) in [6, 6.07) is 18.4. The maximum absolute atomic E-state index is 12.2. The Hall–Kier alpha value is -2.79. The average molecular weight is 342 g/mol. The van der Waals surface area contributed by atoms with Gasteiger partial charge in [0.25, 0.3) is 5.91 Å². The first-order valence-corrected chi connectivity index (χ1v) is 7.80. The van der Waals surface area contributed by atoms with Crippen LogP contribution in [-0.2, 0) is 4.79 Å². The van der Waals surface area contributed by atoms with Crippen LogP contribution in [0.4, 0.5) is 5.82 Å². The zero-order valence-corrected chi connectivity index (χ0v) is 13.8. The number of hydrogen-bond donors (Lipinski definition) is 1. The second-order valence-electron chi connectivity index (χ2n) is 5.19. The number of hydrogen-bond acceptors (Lipinski definition) is 3. The number of amides is 1. The lowest BCUT2D eigenvalue weighted by Crippen LogP contribution is -2.22. The standard InChI is InChI=1S/C18H16ClN3O2/c1-13-11-17(22(21-13)14-7-3-2-4-8-14)20-18(23)12-24-16-10-6-5-9-15(16)19/h2-11H,12H2,1H3,(H,20,23). The molecule has 0 aliphatic carbocycles. The maximum Gasteiger partial charge on any atom is 0.263 e. The molecule has 3 rings (SSSR count). The minimum Gasteiger partial charge on any atom is -0.482 e. The van der Waals surface area contributed by atoms with Crippen molar-refractivity contribution in [1.82, 2.24) is 9.78 Å². The van der Waals surface area contributed by atoms with E-state index in [0.717, 1.165) is 11.4 Å². The van der Waals surface area contributed by atoms with Gasteiger partial charge in [-0.2, -0.15) is 5.10 Å². The van der Waals surface area contributed by atoms with E-state index in [1.54, 1.807) is 35.0 Å². The van der Waals surface area contributed by atoms with E-state index in [0.29, 0.717) is 16.6 Å². The second kappa shape index (κ2) is 7.19. The van der Waals surface area contributed by atoms with Crippen molar-refractivity contribution in [2.24, 2.45) is 0 Å². The van der Waals surface area contributed by atoms with E-state index < -0.39 is 0 Å². The largest absolute Gasteiger partial charge is 0.482 e. The van der Waals surface area contributed by atoms with E-state index >= 15 is 0 Å². The molecule has 1 amide bonds. The molecule has 1 aromatic heterocycles. The first-order valence-electron chi connectivity index (χ1n) is 7.43. The number of benzene rings is 2. The number of nitrogens with zero attached hydrogens (tertiary/aromatic N) is 2. The summed E-state index contributed by atoms with van der Waals surface area (Å²) in [5.74, 6) is 0.778. The second-order valence-corrected chi connectivity index (χ2v) is 5.59. The number of para-hydroxylation sites is 2. The highest BCUT2D eigenvalue weighted by molar-refractivity contribution is 6.32. The Kier molecular flexibility index (Phi) is 4.82. The van der Waals surface area contributed by atoms with Crippen LogP contribution in [0.15, 0.2) is 60.7 Å². The summed E-state index contributed by atoms with van der Waals surface area (Å²) < 4.78 is 7.13. The van der Waals surface area contributed by atoms with Crippen LogP contribution < -0.4 is 10.1 Å². The van der Waals surface area contributed by atoms with Crippen LogP contribution >= 0.6 is 11.6 Å². The molecule has 0 unspecified atom stereocenters. The van der Waals surface area contributed by atoms with Crippen molar-refractivity contribution in [1.29, 1.82) is 0 Å². The lowest BCUT2D eigenvalue weighted by Gasteiger charge is -2.10. The number of carbonyl (C=O) groups is 1. The van der Waals surface area contributed by atoms with Gasteiger partial charge >= 0.3 is 0 Å². The molecule has 0 aliphatic heterocycles. The fourth-order valence-corrected chi connectivity index (χ4v) is 2.43. The third kappa shape index (κ3) is 3.75. The number of nitrogens with one attached hydrogen (secondary N) is 1. The number of aryl methyl sites for hydroxylation is 1. The molecule has 2 aromatic carbocycles. The minimum absolute atomic E-state index is 0.136. The Labute approximate surface area is 144 Å². The van der Waals surface area contributed by atoms with Gasteiger partial charge in [-0.3, -0.25) is 4.79 Å². The lowest BCUT2D eigenvalue weighted by atomic mass is 10.3. The fourth-order valence-electron chi connectivity index (χ4n) is 2.24.